The summed E-state index contributed by atoms with van der Waals surface area (Å²) in [5, 5.41) is 6.90. The number of carbonyl (C=O) groups excluding carboxylic acids is 1. The van der Waals surface area contributed by atoms with Gasteiger partial charge >= 0.3 is 5.57 Å². The summed E-state index contributed by atoms with van der Waals surface area (Å²) in [4.78, 5) is 21.3. The summed E-state index contributed by atoms with van der Waals surface area (Å²) < 4.78 is 31.3. The number of pyridine rings is 2. The molecule has 0 fully saturated rings. The van der Waals surface area contributed by atoms with Crippen LogP contribution >= 0.6 is 11.6 Å². The van der Waals surface area contributed by atoms with E-state index in [9.17, 15) is 13.6 Å². The van der Waals surface area contributed by atoms with Gasteiger partial charge in [-0.2, -0.15) is 5.10 Å². The minimum absolute atomic E-state index is 0.137. The fraction of sp³-hybridized carbons (Fsp3) is 0.0476. The molecule has 0 spiro atoms. The topological polar surface area (TPSA) is 81.9 Å². The second-order valence-corrected chi connectivity index (χ2v) is 6.75. The summed E-state index contributed by atoms with van der Waals surface area (Å²) in [6, 6.07) is 12.5. The molecule has 0 atom stereocenters. The quantitative estimate of drug-likeness (QED) is 0.437. The molecule has 0 aliphatic carbocycles. The van der Waals surface area contributed by atoms with Crippen molar-refractivity contribution in [2.24, 2.45) is 0 Å². The average Bonchev–Trinajstić information content (AvgIpc) is 3.29. The number of nitrogens with zero attached hydrogens (tertiary/aromatic N) is 4. The molecule has 0 aliphatic heterocycles. The van der Waals surface area contributed by atoms with Gasteiger partial charge in [-0.15, -0.1) is 8.78 Å². The van der Waals surface area contributed by atoms with E-state index in [-0.39, 0.29) is 5.75 Å². The monoisotopic (exact) mass is 441 g/mol. The molecule has 1 N–H and O–H groups in total. The molecule has 31 heavy (non-hydrogen) atoms. The largest absolute Gasteiger partial charge is 0.487 e. The van der Waals surface area contributed by atoms with Crippen molar-refractivity contribution in [2.75, 3.05) is 5.32 Å². The summed E-state index contributed by atoms with van der Waals surface area (Å²) in [5.41, 5.74) is -1.71. The van der Waals surface area contributed by atoms with Crippen molar-refractivity contribution in [2.45, 2.75) is 5.57 Å². The molecule has 0 bridgehead atoms. The maximum Gasteiger partial charge on any atom is 0.487 e. The fourth-order valence-electron chi connectivity index (χ4n) is 2.84. The van der Waals surface area contributed by atoms with E-state index in [4.69, 9.17) is 11.6 Å². The second-order valence-electron chi connectivity index (χ2n) is 6.31. The van der Waals surface area contributed by atoms with Gasteiger partial charge in [0.1, 0.15) is 5.75 Å². The van der Waals surface area contributed by atoms with Crippen LogP contribution in [0.25, 0.3) is 16.9 Å². The van der Waals surface area contributed by atoms with Gasteiger partial charge in [-0.05, 0) is 42.5 Å². The molecule has 0 saturated carbocycles. The molecule has 0 radical (unpaired) electrons. The van der Waals surface area contributed by atoms with Crippen molar-refractivity contribution in [3.8, 4) is 22.7 Å². The number of hydrogen-bond acceptors (Lipinski definition) is 5. The first-order valence-electron chi connectivity index (χ1n) is 8.97. The Morgan fingerprint density at radius 1 is 1.10 bits per heavy atom. The number of halogens is 3. The molecule has 156 valence electrons. The van der Waals surface area contributed by atoms with Gasteiger partial charge < -0.3 is 10.1 Å². The van der Waals surface area contributed by atoms with Crippen LogP contribution in [0.4, 0.5) is 14.5 Å². The number of carbonyl (C=O) groups is 1. The molecule has 4 rings (SSSR count). The lowest BCUT2D eigenvalue weighted by Crippen LogP contribution is -2.16. The molecule has 3 aromatic heterocycles. The zero-order valence-corrected chi connectivity index (χ0v) is 16.5. The summed E-state index contributed by atoms with van der Waals surface area (Å²) >= 11 is 4.74. The van der Waals surface area contributed by atoms with Crippen LogP contribution in [0.2, 0.25) is 0 Å². The molecule has 7 nitrogen and oxygen atoms in total. The van der Waals surface area contributed by atoms with Gasteiger partial charge in [0.25, 0.3) is 5.91 Å². The maximum atomic E-state index is 12.7. The first kappa shape index (κ1) is 20.4. The zero-order valence-electron chi connectivity index (χ0n) is 15.7. The Labute approximate surface area is 180 Å². The highest BCUT2D eigenvalue weighted by molar-refractivity contribution is 6.20. The van der Waals surface area contributed by atoms with Gasteiger partial charge in [0.05, 0.1) is 5.56 Å². The number of benzene rings is 1. The Morgan fingerprint density at radius 3 is 2.55 bits per heavy atom. The van der Waals surface area contributed by atoms with E-state index in [2.05, 4.69) is 25.1 Å². The van der Waals surface area contributed by atoms with E-state index < -0.39 is 11.5 Å². The summed E-state index contributed by atoms with van der Waals surface area (Å²) in [6.07, 6.45) is 8.11. The summed E-state index contributed by atoms with van der Waals surface area (Å²) in [5.74, 6) is -0.0267. The molecular formula is C21H14ClF2N5O2. The minimum atomic E-state index is -3.81. The lowest BCUT2D eigenvalue weighted by atomic mass is 10.1. The lowest BCUT2D eigenvalue weighted by molar-refractivity contribution is -0.0964. The Kier molecular flexibility index (Phi) is 5.59. The number of alkyl halides is 3. The van der Waals surface area contributed by atoms with Gasteiger partial charge in [-0.1, -0.05) is 6.07 Å². The van der Waals surface area contributed by atoms with Crippen LogP contribution in [-0.2, 0) is 0 Å². The number of hydrogen-bond donors (Lipinski definition) is 1. The maximum absolute atomic E-state index is 12.7. The third-order valence-corrected chi connectivity index (χ3v) is 4.25. The van der Waals surface area contributed by atoms with Crippen molar-refractivity contribution in [3.63, 3.8) is 0 Å². The molecule has 1 aromatic carbocycles. The van der Waals surface area contributed by atoms with Gasteiger partial charge in [0, 0.05) is 59.4 Å². The number of amides is 1. The summed E-state index contributed by atoms with van der Waals surface area (Å²) in [7, 11) is 0. The van der Waals surface area contributed by atoms with E-state index in [0.717, 1.165) is 5.56 Å². The molecular weight excluding hydrogens is 428 g/mol. The highest BCUT2D eigenvalue weighted by Gasteiger charge is 2.27. The molecule has 10 heteroatoms. The number of anilines is 1. The van der Waals surface area contributed by atoms with E-state index in [1.54, 1.807) is 47.7 Å². The Hall–Kier alpha value is -3.85. The van der Waals surface area contributed by atoms with Crippen LogP contribution in [0.15, 0.2) is 79.5 Å². The molecule has 0 unspecified atom stereocenters. The Morgan fingerprint density at radius 2 is 1.90 bits per heavy atom. The number of nitrogens with one attached hydrogen (secondary N) is 1. The third kappa shape index (κ3) is 5.01. The van der Waals surface area contributed by atoms with Crippen molar-refractivity contribution >= 4 is 23.2 Å². The normalized spacial score (nSPS) is 11.2. The summed E-state index contributed by atoms with van der Waals surface area (Å²) in [6.45, 7) is 0. The van der Waals surface area contributed by atoms with E-state index in [1.165, 1.54) is 30.5 Å². The van der Waals surface area contributed by atoms with Gasteiger partial charge in [0.2, 0.25) is 0 Å². The van der Waals surface area contributed by atoms with E-state index in [1.807, 2.05) is 6.07 Å². The fourth-order valence-corrected chi connectivity index (χ4v) is 2.93. The Balaban J connectivity index is 1.60. The van der Waals surface area contributed by atoms with E-state index in [0.29, 0.717) is 22.6 Å². The molecule has 4 aromatic rings. The van der Waals surface area contributed by atoms with Gasteiger partial charge in [-0.3, -0.25) is 9.78 Å². The number of rotatable bonds is 6. The van der Waals surface area contributed by atoms with Crippen molar-refractivity contribution in [1.82, 2.24) is 19.7 Å². The van der Waals surface area contributed by atoms with Crippen molar-refractivity contribution < 1.29 is 18.3 Å². The van der Waals surface area contributed by atoms with Crippen molar-refractivity contribution in [1.29, 1.82) is 0 Å². The molecule has 0 aliphatic rings. The van der Waals surface area contributed by atoms with Crippen LogP contribution in [0, 0.1) is 0 Å². The predicted molar refractivity (Wildman–Crippen MR) is 110 cm³/mol. The van der Waals surface area contributed by atoms with Crippen LogP contribution in [0.5, 0.6) is 5.75 Å². The third-order valence-electron chi connectivity index (χ3n) is 4.17. The SMILES string of the molecule is O=C(Nc1ccc(OC(F)(F)Cl)cc1)c1cnc(-n2cccn2)c(-c2cccnc2)c1. The molecule has 1 amide bonds. The average molecular weight is 442 g/mol. The lowest BCUT2D eigenvalue weighted by Gasteiger charge is -2.12. The number of aromatic nitrogens is 4. The number of ether oxygens (including phenoxy) is 1. The van der Waals surface area contributed by atoms with Gasteiger partial charge in [0.15, 0.2) is 5.82 Å². The van der Waals surface area contributed by atoms with Gasteiger partial charge in [-0.25, -0.2) is 9.67 Å². The highest BCUT2D eigenvalue weighted by Crippen LogP contribution is 2.27. The Bertz CT molecular complexity index is 1180. The standard InChI is InChI=1S/C21H14ClF2N5O2/c22-21(23,24)31-17-6-4-16(5-7-17)28-20(30)15-11-18(14-3-1-8-25-12-14)19(26-13-15)29-10-2-9-27-29/h1-13H,(H,28,30). The van der Waals surface area contributed by atoms with Crippen molar-refractivity contribution in [3.05, 3.63) is 85.1 Å². The van der Waals surface area contributed by atoms with Crippen LogP contribution in [0.1, 0.15) is 10.4 Å². The first-order valence-corrected chi connectivity index (χ1v) is 9.34. The second kappa shape index (κ2) is 8.49. The highest BCUT2D eigenvalue weighted by atomic mass is 35.5. The molecule has 3 heterocycles. The van der Waals surface area contributed by atoms with Crippen LogP contribution < -0.4 is 10.1 Å². The predicted octanol–water partition coefficient (Wildman–Crippen LogP) is 4.75. The first-order chi connectivity index (χ1) is 14.9. The van der Waals surface area contributed by atoms with Crippen LogP contribution in [-0.4, -0.2) is 31.2 Å². The smallest absolute Gasteiger partial charge is 0.420 e. The zero-order chi connectivity index (χ0) is 21.8. The molecule has 0 saturated heterocycles. The van der Waals surface area contributed by atoms with Crippen LogP contribution in [0.3, 0.4) is 0 Å². The minimum Gasteiger partial charge on any atom is -0.420 e. The van der Waals surface area contributed by atoms with E-state index >= 15 is 0 Å².